The first-order valence-corrected chi connectivity index (χ1v) is 1.03. The van der Waals surface area contributed by atoms with E-state index in [1.165, 1.54) is 7.05 Å². The predicted octanol–water partition coefficient (Wildman–Crippen LogP) is -0.524. The zero-order valence-electron chi connectivity index (χ0n) is 2.99. The second-order valence-electron chi connectivity index (χ2n) is 0.102. The summed E-state index contributed by atoms with van der Waals surface area (Å²) in [5.41, 5.74) is 4.50. The van der Waals surface area contributed by atoms with E-state index in [1.807, 2.05) is 0 Å². The van der Waals surface area contributed by atoms with Gasteiger partial charge in [0.25, 0.3) is 0 Å². The van der Waals surface area contributed by atoms with Gasteiger partial charge in [-0.3, -0.25) is 0 Å². The average Bonchev–Trinajstić information content (AvgIpc) is 1.46. The van der Waals surface area contributed by atoms with E-state index in [9.17, 15) is 0 Å². The third-order valence-corrected chi connectivity index (χ3v) is 0. The molecule has 0 unspecified atom stereocenters. The molecule has 0 fully saturated rings. The van der Waals surface area contributed by atoms with E-state index in [-0.39, 0.29) is 0 Å². The molecule has 0 aromatic carbocycles. The van der Waals surface area contributed by atoms with Gasteiger partial charge >= 0.3 is 0 Å². The van der Waals surface area contributed by atoms with Crippen LogP contribution in [0.2, 0.25) is 0 Å². The summed E-state index contributed by atoms with van der Waals surface area (Å²) in [6, 6.07) is 0. The Morgan fingerprint density at radius 3 is 1.80 bits per heavy atom. The molecular formula is C2H6N2O. The molecule has 3 N–H and O–H groups in total. The second kappa shape index (κ2) is 158. The van der Waals surface area contributed by atoms with Crippen LogP contribution in [0.4, 0.5) is 0 Å². The molecule has 0 aromatic rings. The van der Waals surface area contributed by atoms with Crippen molar-refractivity contribution in [2.45, 2.75) is 0 Å². The van der Waals surface area contributed by atoms with Crippen LogP contribution in [0.1, 0.15) is 0 Å². The first-order chi connectivity index (χ1) is 2.41. The molecule has 0 amide bonds. The lowest BCUT2D eigenvalue weighted by Gasteiger charge is -1.19. The summed E-state index contributed by atoms with van der Waals surface area (Å²) in [6.45, 7) is 0. The Morgan fingerprint density at radius 1 is 1.80 bits per heavy atom. The van der Waals surface area contributed by atoms with Gasteiger partial charge < -0.3 is 5.73 Å². The van der Waals surface area contributed by atoms with Crippen molar-refractivity contribution in [3.8, 4) is 0 Å². The fourth-order valence-corrected chi connectivity index (χ4v) is 0. The fraction of sp³-hybridized carbons (Fsp3) is 0.500. The summed E-state index contributed by atoms with van der Waals surface area (Å²) in [5, 5.41) is 5.40. The molecular weight excluding hydrogens is 68.0 g/mol. The predicted molar refractivity (Wildman–Crippen MR) is 18.5 cm³/mol. The summed E-state index contributed by atoms with van der Waals surface area (Å²) in [6.07, 6.45) is 0.750. The highest BCUT2D eigenvalue weighted by Crippen LogP contribution is 0.868. The van der Waals surface area contributed by atoms with Crippen LogP contribution in [-0.2, 0) is 4.79 Å². The lowest BCUT2D eigenvalue weighted by molar-refractivity contribution is 0.563. The van der Waals surface area contributed by atoms with Crippen molar-refractivity contribution in [2.75, 3.05) is 7.05 Å². The van der Waals surface area contributed by atoms with Gasteiger partial charge in [0.05, 0.1) is 0 Å². The van der Waals surface area contributed by atoms with Gasteiger partial charge in [-0.25, -0.2) is 10.2 Å². The molecule has 30 valence electrons. The van der Waals surface area contributed by atoms with Gasteiger partial charge in [-0.05, 0) is 7.05 Å². The van der Waals surface area contributed by atoms with Gasteiger partial charge in [0, 0.05) is 0 Å². The molecule has 0 spiro atoms. The molecule has 0 rings (SSSR count). The van der Waals surface area contributed by atoms with E-state index in [1.54, 1.807) is 0 Å². The maximum atomic E-state index is 8.35. The van der Waals surface area contributed by atoms with Gasteiger partial charge in [-0.2, -0.15) is 0 Å². The molecule has 0 radical (unpaired) electrons. The quantitative estimate of drug-likeness (QED) is 0.300. The lowest BCUT2D eigenvalue weighted by Crippen LogP contribution is -1.69. The first-order valence-electron chi connectivity index (χ1n) is 1.03. The zero-order valence-corrected chi connectivity index (χ0v) is 2.99. The first kappa shape index (κ1) is 8.84. The summed E-state index contributed by atoms with van der Waals surface area (Å²) >= 11 is 0. The maximum absolute atomic E-state index is 8.35. The fourth-order valence-electron chi connectivity index (χ4n) is 0. The number of nitrogens with two attached hydrogens (primary N) is 1. The van der Waals surface area contributed by atoms with Crippen LogP contribution in [0.3, 0.4) is 0 Å². The normalized spacial score (nSPS) is 2.80. The van der Waals surface area contributed by atoms with Gasteiger partial charge in [0.1, 0.15) is 0 Å². The van der Waals surface area contributed by atoms with Crippen LogP contribution in [0.25, 0.3) is 0 Å². The van der Waals surface area contributed by atoms with Gasteiger partial charge in [-0.1, -0.05) is 0 Å². The standard InChI is InChI=1S/CHNO.CH5N/c2-1-3;1-2/h2H;2H2,1H3. The van der Waals surface area contributed by atoms with Crippen molar-refractivity contribution in [3.63, 3.8) is 0 Å². The van der Waals surface area contributed by atoms with Crippen molar-refractivity contribution in [2.24, 2.45) is 5.73 Å². The summed E-state index contributed by atoms with van der Waals surface area (Å²) in [7, 11) is 1.50. The van der Waals surface area contributed by atoms with Crippen LogP contribution in [0.5, 0.6) is 0 Å². The number of rotatable bonds is 0. The van der Waals surface area contributed by atoms with Crippen molar-refractivity contribution in [3.05, 3.63) is 0 Å². The molecule has 0 atom stereocenters. The third-order valence-electron chi connectivity index (χ3n) is 0. The zero-order chi connectivity index (χ0) is 4.71. The Morgan fingerprint density at radius 2 is 1.80 bits per heavy atom. The highest BCUT2D eigenvalue weighted by molar-refractivity contribution is 5.26. The molecule has 3 heteroatoms. The smallest absolute Gasteiger partial charge is 0.231 e. The highest BCUT2D eigenvalue weighted by Gasteiger charge is 1.03. The lowest BCUT2D eigenvalue weighted by atomic mass is 11.6. The largest absolute Gasteiger partial charge is 0.333 e. The van der Waals surface area contributed by atoms with Crippen LogP contribution in [0.15, 0.2) is 0 Å². The SMILES string of the molecule is CN.N=C=O. The molecule has 0 aliphatic rings. The Hall–Kier alpha value is -0.660. The van der Waals surface area contributed by atoms with Crippen molar-refractivity contribution in [1.82, 2.24) is 0 Å². The molecule has 5 heavy (non-hydrogen) atoms. The van der Waals surface area contributed by atoms with Crippen LogP contribution in [-0.4, -0.2) is 13.1 Å². The molecule has 0 bridgehead atoms. The van der Waals surface area contributed by atoms with Gasteiger partial charge in [0.2, 0.25) is 6.08 Å². The molecule has 0 saturated heterocycles. The molecule has 0 aliphatic heterocycles. The minimum Gasteiger partial charge on any atom is -0.333 e. The highest BCUT2D eigenvalue weighted by atomic mass is 16.1. The van der Waals surface area contributed by atoms with E-state index in [4.69, 9.17) is 10.2 Å². The molecule has 0 aromatic heterocycles. The average molecular weight is 74.1 g/mol. The van der Waals surface area contributed by atoms with Crippen LogP contribution < -0.4 is 5.73 Å². The number of carbonyl (C=O) groups excluding carboxylic acids is 1. The van der Waals surface area contributed by atoms with E-state index < -0.39 is 0 Å². The van der Waals surface area contributed by atoms with E-state index >= 15 is 0 Å². The minimum absolute atomic E-state index is 0.750. The Kier molecular flexibility index (Phi) is 280. The molecule has 0 saturated carbocycles. The maximum Gasteiger partial charge on any atom is 0.231 e. The van der Waals surface area contributed by atoms with Crippen molar-refractivity contribution in [1.29, 1.82) is 5.41 Å². The number of hydrogen-bond donors (Lipinski definition) is 2. The van der Waals surface area contributed by atoms with E-state index in [0.29, 0.717) is 0 Å². The van der Waals surface area contributed by atoms with Gasteiger partial charge in [-0.15, -0.1) is 0 Å². The molecule has 0 aliphatic carbocycles. The number of hydrogen-bond acceptors (Lipinski definition) is 3. The Balaban J connectivity index is 0. The van der Waals surface area contributed by atoms with E-state index in [2.05, 4.69) is 5.73 Å². The summed E-state index contributed by atoms with van der Waals surface area (Å²) < 4.78 is 0. The topological polar surface area (TPSA) is 66.9 Å². The van der Waals surface area contributed by atoms with E-state index in [0.717, 1.165) is 6.08 Å². The Labute approximate surface area is 30.3 Å². The summed E-state index contributed by atoms with van der Waals surface area (Å²) in [5.74, 6) is 0. The minimum atomic E-state index is 0.750. The molecule has 3 nitrogen and oxygen atoms in total. The monoisotopic (exact) mass is 74.0 g/mol. The number of isocyanates is 1. The Bertz CT molecular complexity index is 28.6. The summed E-state index contributed by atoms with van der Waals surface area (Å²) in [4.78, 5) is 8.35. The van der Waals surface area contributed by atoms with Crippen LogP contribution in [0, 0.1) is 5.41 Å². The molecule has 0 heterocycles. The third kappa shape index (κ3) is 13.8. The van der Waals surface area contributed by atoms with Crippen molar-refractivity contribution >= 4 is 6.08 Å². The van der Waals surface area contributed by atoms with Crippen molar-refractivity contribution < 1.29 is 4.79 Å². The van der Waals surface area contributed by atoms with Crippen LogP contribution >= 0.6 is 0 Å². The second-order valence-corrected chi connectivity index (χ2v) is 0.102. The van der Waals surface area contributed by atoms with Gasteiger partial charge in [0.15, 0.2) is 0 Å². The number of nitrogens with one attached hydrogen (secondary N) is 1.